The van der Waals surface area contributed by atoms with Crippen LogP contribution in [-0.4, -0.2) is 6.54 Å². The summed E-state index contributed by atoms with van der Waals surface area (Å²) >= 11 is 0. The Bertz CT molecular complexity index is 578. The molecule has 0 saturated heterocycles. The summed E-state index contributed by atoms with van der Waals surface area (Å²) in [5.41, 5.74) is 5.02. The van der Waals surface area contributed by atoms with E-state index in [4.69, 9.17) is 0 Å². The Hall–Kier alpha value is -1.67. The van der Waals surface area contributed by atoms with Gasteiger partial charge in [-0.25, -0.2) is 4.39 Å². The van der Waals surface area contributed by atoms with Crippen molar-refractivity contribution in [1.29, 1.82) is 0 Å². The van der Waals surface area contributed by atoms with Crippen LogP contribution in [0.3, 0.4) is 0 Å². The molecule has 0 radical (unpaired) electrons. The molecule has 21 heavy (non-hydrogen) atoms. The predicted molar refractivity (Wildman–Crippen MR) is 87.2 cm³/mol. The molecule has 0 aliphatic rings. The van der Waals surface area contributed by atoms with E-state index in [2.05, 4.69) is 43.4 Å². The maximum Gasteiger partial charge on any atom is 0.129 e. The Balaban J connectivity index is 2.42. The quantitative estimate of drug-likeness (QED) is 0.829. The molecular formula is C19H24FN. The van der Waals surface area contributed by atoms with Crippen LogP contribution in [0.5, 0.6) is 0 Å². The van der Waals surface area contributed by atoms with Gasteiger partial charge in [0.05, 0.1) is 6.04 Å². The zero-order valence-electron chi connectivity index (χ0n) is 13.3. The predicted octanol–water partition coefficient (Wildman–Crippen LogP) is 4.84. The smallest absolute Gasteiger partial charge is 0.129 e. The van der Waals surface area contributed by atoms with Gasteiger partial charge in [-0.3, -0.25) is 0 Å². The number of hydrogen-bond acceptors (Lipinski definition) is 1. The number of hydrogen-bond donors (Lipinski definition) is 1. The lowest BCUT2D eigenvalue weighted by Crippen LogP contribution is -2.23. The first-order valence-electron chi connectivity index (χ1n) is 7.59. The molecule has 0 amide bonds. The SMILES string of the molecule is CCCNC(c1ccc(C)cc1)c1cc(C)c(F)c(C)c1. The number of nitrogens with one attached hydrogen (secondary N) is 1. The van der Waals surface area contributed by atoms with Crippen molar-refractivity contribution in [3.63, 3.8) is 0 Å². The van der Waals surface area contributed by atoms with Crippen LogP contribution in [0.25, 0.3) is 0 Å². The van der Waals surface area contributed by atoms with Gasteiger partial charge in [0.25, 0.3) is 0 Å². The van der Waals surface area contributed by atoms with Crippen LogP contribution < -0.4 is 5.32 Å². The van der Waals surface area contributed by atoms with Crippen LogP contribution in [0.4, 0.5) is 4.39 Å². The van der Waals surface area contributed by atoms with Gasteiger partial charge in [-0.1, -0.05) is 48.9 Å². The molecule has 2 heteroatoms. The fraction of sp³-hybridized carbons (Fsp3) is 0.368. The average molecular weight is 285 g/mol. The fourth-order valence-electron chi connectivity index (χ4n) is 2.62. The van der Waals surface area contributed by atoms with Crippen molar-refractivity contribution in [2.45, 2.75) is 40.2 Å². The summed E-state index contributed by atoms with van der Waals surface area (Å²) in [6.45, 7) is 8.84. The van der Waals surface area contributed by atoms with Crippen molar-refractivity contribution >= 4 is 0 Å². The second-order valence-electron chi connectivity index (χ2n) is 5.77. The molecule has 1 N–H and O–H groups in total. The van der Waals surface area contributed by atoms with Crippen molar-refractivity contribution < 1.29 is 4.39 Å². The Kier molecular flexibility index (Phi) is 5.13. The molecule has 0 aliphatic heterocycles. The highest BCUT2D eigenvalue weighted by Gasteiger charge is 2.15. The Morgan fingerprint density at radius 1 is 0.952 bits per heavy atom. The molecule has 0 aliphatic carbocycles. The summed E-state index contributed by atoms with van der Waals surface area (Å²) in [4.78, 5) is 0. The third-order valence-corrected chi connectivity index (χ3v) is 3.80. The van der Waals surface area contributed by atoms with Crippen molar-refractivity contribution in [1.82, 2.24) is 5.32 Å². The fourth-order valence-corrected chi connectivity index (χ4v) is 2.62. The summed E-state index contributed by atoms with van der Waals surface area (Å²) in [7, 11) is 0. The van der Waals surface area contributed by atoms with Crippen LogP contribution >= 0.6 is 0 Å². The van der Waals surface area contributed by atoms with E-state index < -0.39 is 0 Å². The summed E-state index contributed by atoms with van der Waals surface area (Å²) in [5, 5.41) is 3.57. The largest absolute Gasteiger partial charge is 0.306 e. The standard InChI is InChI=1S/C19H24FN/c1-5-10-21-19(16-8-6-13(2)7-9-16)17-11-14(3)18(20)15(4)12-17/h6-9,11-12,19,21H,5,10H2,1-4H3. The highest BCUT2D eigenvalue weighted by atomic mass is 19.1. The van der Waals surface area contributed by atoms with E-state index in [1.807, 2.05) is 26.0 Å². The van der Waals surface area contributed by atoms with E-state index in [1.54, 1.807) is 0 Å². The third kappa shape index (κ3) is 3.70. The first-order chi connectivity index (χ1) is 10.0. The topological polar surface area (TPSA) is 12.0 Å². The summed E-state index contributed by atoms with van der Waals surface area (Å²) < 4.78 is 13.9. The van der Waals surface area contributed by atoms with Gasteiger partial charge in [-0.05, 0) is 56.0 Å². The lowest BCUT2D eigenvalue weighted by atomic mass is 9.94. The lowest BCUT2D eigenvalue weighted by molar-refractivity contribution is 0.586. The molecule has 1 unspecified atom stereocenters. The van der Waals surface area contributed by atoms with Crippen LogP contribution in [-0.2, 0) is 0 Å². The molecule has 112 valence electrons. The van der Waals surface area contributed by atoms with Gasteiger partial charge in [-0.2, -0.15) is 0 Å². The Morgan fingerprint density at radius 2 is 1.52 bits per heavy atom. The molecule has 0 saturated carbocycles. The van der Waals surface area contributed by atoms with Gasteiger partial charge in [0.1, 0.15) is 5.82 Å². The van der Waals surface area contributed by atoms with Crippen molar-refractivity contribution in [2.75, 3.05) is 6.54 Å². The number of aryl methyl sites for hydroxylation is 3. The van der Waals surface area contributed by atoms with Crippen molar-refractivity contribution in [3.05, 3.63) is 70.0 Å². The highest BCUT2D eigenvalue weighted by molar-refractivity contribution is 5.38. The molecule has 0 fully saturated rings. The molecule has 1 atom stereocenters. The van der Waals surface area contributed by atoms with Gasteiger partial charge in [0.2, 0.25) is 0 Å². The van der Waals surface area contributed by atoms with E-state index in [1.165, 1.54) is 11.1 Å². The second kappa shape index (κ2) is 6.86. The third-order valence-electron chi connectivity index (χ3n) is 3.80. The molecule has 1 nitrogen and oxygen atoms in total. The van der Waals surface area contributed by atoms with E-state index >= 15 is 0 Å². The monoisotopic (exact) mass is 285 g/mol. The Morgan fingerprint density at radius 3 is 2.05 bits per heavy atom. The number of rotatable bonds is 5. The molecule has 0 bridgehead atoms. The van der Waals surface area contributed by atoms with E-state index in [-0.39, 0.29) is 11.9 Å². The van der Waals surface area contributed by atoms with Crippen LogP contribution in [0.15, 0.2) is 36.4 Å². The minimum Gasteiger partial charge on any atom is -0.306 e. The number of benzene rings is 2. The number of halogens is 1. The average Bonchev–Trinajstić information content (AvgIpc) is 2.46. The first kappa shape index (κ1) is 15.7. The van der Waals surface area contributed by atoms with E-state index in [0.29, 0.717) is 11.1 Å². The molecule has 0 spiro atoms. The maximum atomic E-state index is 13.9. The molecule has 2 rings (SSSR count). The minimum absolute atomic E-state index is 0.100. The summed E-state index contributed by atoms with van der Waals surface area (Å²) in [5.74, 6) is -0.100. The van der Waals surface area contributed by atoms with Crippen LogP contribution in [0.1, 0.15) is 47.2 Å². The second-order valence-corrected chi connectivity index (χ2v) is 5.77. The van der Waals surface area contributed by atoms with Crippen molar-refractivity contribution in [2.24, 2.45) is 0 Å². The van der Waals surface area contributed by atoms with Crippen LogP contribution in [0, 0.1) is 26.6 Å². The lowest BCUT2D eigenvalue weighted by Gasteiger charge is -2.21. The zero-order valence-corrected chi connectivity index (χ0v) is 13.3. The molecule has 2 aromatic carbocycles. The van der Waals surface area contributed by atoms with E-state index in [9.17, 15) is 4.39 Å². The highest BCUT2D eigenvalue weighted by Crippen LogP contribution is 2.26. The maximum absolute atomic E-state index is 13.9. The van der Waals surface area contributed by atoms with Gasteiger partial charge in [0.15, 0.2) is 0 Å². The van der Waals surface area contributed by atoms with Crippen LogP contribution in [0.2, 0.25) is 0 Å². The van der Waals surface area contributed by atoms with Crippen molar-refractivity contribution in [3.8, 4) is 0 Å². The molecule has 2 aromatic rings. The minimum atomic E-state index is -0.100. The molecule has 0 aromatic heterocycles. The van der Waals surface area contributed by atoms with Gasteiger partial charge in [0, 0.05) is 0 Å². The Labute approximate surface area is 127 Å². The summed E-state index contributed by atoms with van der Waals surface area (Å²) in [6, 6.07) is 12.6. The zero-order chi connectivity index (χ0) is 15.4. The van der Waals surface area contributed by atoms with E-state index in [0.717, 1.165) is 18.5 Å². The van der Waals surface area contributed by atoms with Gasteiger partial charge in [-0.15, -0.1) is 0 Å². The normalized spacial score (nSPS) is 12.4. The summed E-state index contributed by atoms with van der Waals surface area (Å²) in [6.07, 6.45) is 1.07. The van der Waals surface area contributed by atoms with Gasteiger partial charge >= 0.3 is 0 Å². The van der Waals surface area contributed by atoms with Gasteiger partial charge < -0.3 is 5.32 Å². The molecule has 0 heterocycles. The first-order valence-corrected chi connectivity index (χ1v) is 7.59. The molecular weight excluding hydrogens is 261 g/mol.